The Morgan fingerprint density at radius 3 is 2.44 bits per heavy atom. The van der Waals surface area contributed by atoms with Crippen molar-refractivity contribution in [2.75, 3.05) is 0 Å². The van der Waals surface area contributed by atoms with Crippen LogP contribution in [0.25, 0.3) is 0 Å². The van der Waals surface area contributed by atoms with Crippen LogP contribution in [0, 0.1) is 0 Å². The lowest BCUT2D eigenvalue weighted by Crippen LogP contribution is -2.10. The first kappa shape index (κ1) is 13.8. The van der Waals surface area contributed by atoms with Crippen molar-refractivity contribution < 1.29 is 21.3 Å². The lowest BCUT2D eigenvalue weighted by atomic mass is 10.3. The molecule has 0 spiro atoms. The molecule has 0 aliphatic heterocycles. The molecule has 1 unspecified atom stereocenters. The smallest absolute Gasteiger partial charge is 0.228 e. The predicted octanol–water partition coefficient (Wildman–Crippen LogP) is 2.30. The molecule has 1 aromatic rings. The second-order valence-corrected chi connectivity index (χ2v) is 5.84. The highest BCUT2D eigenvalue weighted by atomic mass is 79.9. The van der Waals surface area contributed by atoms with E-state index in [1.54, 1.807) is 31.2 Å². The summed E-state index contributed by atoms with van der Waals surface area (Å²) in [6.45, 7) is 1.57. The molecule has 0 fully saturated rings. The third-order valence-electron chi connectivity index (χ3n) is 1.37. The number of benzene rings is 1. The van der Waals surface area contributed by atoms with E-state index in [2.05, 4.69) is 19.6 Å². The van der Waals surface area contributed by atoms with E-state index in [0.717, 1.165) is 4.47 Å². The Morgan fingerprint density at radius 1 is 1.38 bits per heavy atom. The second kappa shape index (κ2) is 5.87. The van der Waals surface area contributed by atoms with E-state index >= 15 is 0 Å². The summed E-state index contributed by atoms with van der Waals surface area (Å²) in [5.74, 6) is 0.551. The molecule has 0 N–H and O–H groups in total. The minimum atomic E-state index is -4.69. The van der Waals surface area contributed by atoms with Gasteiger partial charge in [-0.05, 0) is 31.2 Å². The summed E-state index contributed by atoms with van der Waals surface area (Å²) in [5.41, 5.74) is -0.607. The molecule has 0 aliphatic rings. The molecule has 1 aromatic carbocycles. The van der Waals surface area contributed by atoms with Gasteiger partial charge in [-0.25, -0.2) is 12.0 Å². The molecule has 16 heavy (non-hydrogen) atoms. The number of hydrogen-bond donors (Lipinski definition) is 0. The van der Waals surface area contributed by atoms with E-state index < -0.39 is 15.8 Å². The fourth-order valence-electron chi connectivity index (χ4n) is 0.828. The monoisotopic (exact) mass is 327 g/mol. The molecule has 0 heterocycles. The highest BCUT2D eigenvalue weighted by molar-refractivity contribution is 9.10. The number of ether oxygens (including phenoxy) is 1. The molecule has 0 radical (unpaired) electrons. The largest absolute Gasteiger partial charge is 0.725 e. The van der Waals surface area contributed by atoms with Crippen LogP contribution in [0.4, 0.5) is 0 Å². The van der Waals surface area contributed by atoms with Gasteiger partial charge in [-0.1, -0.05) is 15.9 Å². The van der Waals surface area contributed by atoms with Crippen molar-refractivity contribution in [3.8, 4) is 5.75 Å². The Balaban J connectivity index is 2.45. The van der Waals surface area contributed by atoms with Crippen molar-refractivity contribution in [1.29, 1.82) is 0 Å². The molecular weight excluding hydrogens is 320 g/mol. The lowest BCUT2D eigenvalue weighted by molar-refractivity contribution is 0.297. The Bertz CT molecular complexity index is 430. The van der Waals surface area contributed by atoms with Gasteiger partial charge in [0.15, 0.2) is 5.44 Å². The first-order chi connectivity index (χ1) is 7.37. The Kier molecular flexibility index (Phi) is 5.06. The van der Waals surface area contributed by atoms with E-state index in [-0.39, 0.29) is 0 Å². The summed E-state index contributed by atoms with van der Waals surface area (Å²) in [4.78, 5) is 0. The van der Waals surface area contributed by atoms with Crippen LogP contribution in [0.3, 0.4) is 0 Å². The van der Waals surface area contributed by atoms with E-state index in [1.807, 2.05) is 0 Å². The highest BCUT2D eigenvalue weighted by Crippen LogP contribution is 2.22. The first-order valence-electron chi connectivity index (χ1n) is 4.10. The van der Waals surface area contributed by atoms with Gasteiger partial charge in [0.2, 0.25) is 10.4 Å². The maximum atomic E-state index is 10.2. The van der Waals surface area contributed by atoms with Crippen LogP contribution in [-0.2, 0) is 14.0 Å². The highest BCUT2D eigenvalue weighted by Gasteiger charge is 2.07. The molecule has 90 valence electrons. The summed E-state index contributed by atoms with van der Waals surface area (Å²) in [7, 11) is -4.69. The molecule has 0 bridgehead atoms. The maximum absolute atomic E-state index is 10.2. The van der Waals surface area contributed by atoms with Crippen molar-refractivity contribution in [2.45, 2.75) is 12.4 Å². The average molecular weight is 328 g/mol. The van der Waals surface area contributed by atoms with Crippen LogP contribution in [0.2, 0.25) is 0 Å². The van der Waals surface area contributed by atoms with Gasteiger partial charge in [0.1, 0.15) is 5.75 Å². The van der Waals surface area contributed by atoms with Crippen molar-refractivity contribution in [2.24, 2.45) is 0 Å². The number of hydrogen-bond acceptors (Lipinski definition) is 6. The van der Waals surface area contributed by atoms with Crippen LogP contribution in [-0.4, -0.2) is 18.4 Å². The SMILES string of the molecule is CC(Oc1ccc(Br)cc1)SOS(=O)(=O)[O-]. The molecule has 8 heteroatoms. The van der Waals surface area contributed by atoms with Gasteiger partial charge in [0.05, 0.1) is 12.0 Å². The van der Waals surface area contributed by atoms with Gasteiger partial charge in [-0.2, -0.15) is 0 Å². The maximum Gasteiger partial charge on any atom is 0.228 e. The third-order valence-corrected chi connectivity index (χ3v) is 3.25. The minimum Gasteiger partial charge on any atom is -0.725 e. The molecule has 0 aliphatic carbocycles. The van der Waals surface area contributed by atoms with Gasteiger partial charge >= 0.3 is 0 Å². The summed E-state index contributed by atoms with van der Waals surface area (Å²) in [6.07, 6.45) is 0. The Hall–Kier alpha value is -0.280. The van der Waals surface area contributed by atoms with Crippen LogP contribution in [0.5, 0.6) is 5.75 Å². The van der Waals surface area contributed by atoms with E-state index in [1.165, 1.54) is 0 Å². The van der Waals surface area contributed by atoms with E-state index in [9.17, 15) is 13.0 Å². The summed E-state index contributed by atoms with van der Waals surface area (Å²) < 4.78 is 40.7. The standard InChI is InChI=1S/C8H9BrO5S2/c1-6(15-14-16(10,11)12)13-8-4-2-7(9)3-5-8/h2-6H,1H3,(H,10,11,12)/p-1. The zero-order chi connectivity index (χ0) is 12.2. The molecule has 0 saturated carbocycles. The fraction of sp³-hybridized carbons (Fsp3) is 0.250. The molecule has 1 rings (SSSR count). The van der Waals surface area contributed by atoms with Crippen LogP contribution >= 0.6 is 28.0 Å². The predicted molar refractivity (Wildman–Crippen MR) is 62.6 cm³/mol. The molecule has 0 saturated heterocycles. The molecule has 1 atom stereocenters. The van der Waals surface area contributed by atoms with Crippen LogP contribution in [0.15, 0.2) is 28.7 Å². The minimum absolute atomic E-state index is 0.448. The first-order valence-corrected chi connectivity index (χ1v) is 7.03. The Morgan fingerprint density at radius 2 is 1.94 bits per heavy atom. The fourth-order valence-corrected chi connectivity index (χ4v) is 2.07. The van der Waals surface area contributed by atoms with Gasteiger partial charge in [-0.15, -0.1) is 0 Å². The van der Waals surface area contributed by atoms with Crippen molar-refractivity contribution in [3.63, 3.8) is 0 Å². The topological polar surface area (TPSA) is 75.7 Å². The van der Waals surface area contributed by atoms with Gasteiger partial charge < -0.3 is 9.29 Å². The van der Waals surface area contributed by atoms with Crippen molar-refractivity contribution in [1.82, 2.24) is 0 Å². The normalized spacial score (nSPS) is 13.4. The molecule has 0 amide bonds. The van der Waals surface area contributed by atoms with Crippen LogP contribution in [0.1, 0.15) is 6.92 Å². The Labute approximate surface area is 106 Å². The molecule has 5 nitrogen and oxygen atoms in total. The zero-order valence-electron chi connectivity index (χ0n) is 8.12. The number of halogens is 1. The second-order valence-electron chi connectivity index (χ2n) is 2.71. The summed E-state index contributed by atoms with van der Waals surface area (Å²) >= 11 is 3.71. The zero-order valence-corrected chi connectivity index (χ0v) is 11.3. The van der Waals surface area contributed by atoms with E-state index in [0.29, 0.717) is 17.8 Å². The third kappa shape index (κ3) is 5.71. The molecule has 0 aromatic heterocycles. The van der Waals surface area contributed by atoms with Crippen molar-refractivity contribution >= 4 is 38.4 Å². The summed E-state index contributed by atoms with van der Waals surface area (Å²) in [6, 6.07) is 6.95. The van der Waals surface area contributed by atoms with Gasteiger partial charge in [-0.3, -0.25) is 0 Å². The quantitative estimate of drug-likeness (QED) is 0.357. The van der Waals surface area contributed by atoms with Crippen molar-refractivity contribution in [3.05, 3.63) is 28.7 Å². The van der Waals surface area contributed by atoms with Crippen LogP contribution < -0.4 is 4.74 Å². The average Bonchev–Trinajstić information content (AvgIpc) is 2.18. The summed E-state index contributed by atoms with van der Waals surface area (Å²) in [5, 5.41) is 0. The van der Waals surface area contributed by atoms with Gasteiger partial charge in [0, 0.05) is 4.47 Å². The number of rotatable bonds is 5. The molecular formula is C8H8BrO5S2-. The lowest BCUT2D eigenvalue weighted by Gasteiger charge is -2.14. The van der Waals surface area contributed by atoms with E-state index in [4.69, 9.17) is 4.74 Å². The van der Waals surface area contributed by atoms with Gasteiger partial charge in [0.25, 0.3) is 0 Å².